The van der Waals surface area contributed by atoms with Crippen LogP contribution < -0.4 is 0 Å². The van der Waals surface area contributed by atoms with Gasteiger partial charge in [-0.1, -0.05) is 132 Å². The van der Waals surface area contributed by atoms with Gasteiger partial charge in [-0.25, -0.2) is 0 Å². The van der Waals surface area contributed by atoms with Crippen LogP contribution in [0, 0.1) is 0 Å². The molecule has 0 amide bonds. The second-order valence-corrected chi connectivity index (χ2v) is 9.21. The van der Waals surface area contributed by atoms with E-state index in [1.165, 1.54) is 61.6 Å². The summed E-state index contributed by atoms with van der Waals surface area (Å²) in [6.45, 7) is 6.69. The largest absolute Gasteiger partial charge is 0.507 e. The average molecular weight is 429 g/mol. The Morgan fingerprint density at radius 3 is 1.75 bits per heavy atom. The molecular formula is C31H40O. The van der Waals surface area contributed by atoms with Gasteiger partial charge >= 0.3 is 0 Å². The van der Waals surface area contributed by atoms with Crippen molar-refractivity contribution in [2.75, 3.05) is 0 Å². The molecule has 0 saturated carbocycles. The molecule has 2 atom stereocenters. The van der Waals surface area contributed by atoms with Crippen LogP contribution in [0.25, 0.3) is 0 Å². The highest BCUT2D eigenvalue weighted by molar-refractivity contribution is 5.53. The van der Waals surface area contributed by atoms with Gasteiger partial charge in [-0.2, -0.15) is 0 Å². The molecule has 0 spiro atoms. The molecule has 0 saturated heterocycles. The summed E-state index contributed by atoms with van der Waals surface area (Å²) in [4.78, 5) is 0. The summed E-state index contributed by atoms with van der Waals surface area (Å²) in [6, 6.07) is 25.5. The number of unbranched alkanes of at least 4 members (excludes halogenated alkanes) is 6. The van der Waals surface area contributed by atoms with Gasteiger partial charge in [0.25, 0.3) is 0 Å². The van der Waals surface area contributed by atoms with Gasteiger partial charge in [0.05, 0.1) is 0 Å². The Kier molecular flexibility index (Phi) is 9.41. The van der Waals surface area contributed by atoms with Crippen molar-refractivity contribution in [3.05, 3.63) is 101 Å². The molecule has 0 bridgehead atoms. The van der Waals surface area contributed by atoms with Crippen molar-refractivity contribution < 1.29 is 5.11 Å². The van der Waals surface area contributed by atoms with Crippen LogP contribution in [-0.4, -0.2) is 5.11 Å². The molecule has 2 unspecified atom stereocenters. The third-order valence-electron chi connectivity index (χ3n) is 6.89. The number of hydrogen-bond acceptors (Lipinski definition) is 1. The lowest BCUT2D eigenvalue weighted by atomic mass is 9.82. The van der Waals surface area contributed by atoms with Crippen molar-refractivity contribution >= 4 is 0 Å². The van der Waals surface area contributed by atoms with Crippen LogP contribution >= 0.6 is 0 Å². The van der Waals surface area contributed by atoms with E-state index in [0.717, 1.165) is 17.5 Å². The molecule has 3 rings (SSSR count). The molecule has 170 valence electrons. The fourth-order valence-corrected chi connectivity index (χ4v) is 4.82. The van der Waals surface area contributed by atoms with Crippen LogP contribution in [0.5, 0.6) is 5.75 Å². The van der Waals surface area contributed by atoms with Crippen LogP contribution in [0.4, 0.5) is 0 Å². The first-order chi connectivity index (χ1) is 15.6. The Bertz CT molecular complexity index is 929. The second kappa shape index (κ2) is 12.5. The smallest absolute Gasteiger partial charge is 0.123 e. The Hall–Kier alpha value is -2.54. The molecule has 0 aliphatic rings. The molecule has 0 aromatic heterocycles. The topological polar surface area (TPSA) is 20.2 Å². The summed E-state index contributed by atoms with van der Waals surface area (Å²) in [5.74, 6) is 0.808. The Labute approximate surface area is 195 Å². The average Bonchev–Trinajstić information content (AvgIpc) is 2.84. The van der Waals surface area contributed by atoms with Crippen molar-refractivity contribution in [1.82, 2.24) is 0 Å². The molecule has 0 radical (unpaired) electrons. The maximum Gasteiger partial charge on any atom is 0.123 e. The standard InChI is InChI=1S/C31H40O/c1-4-5-6-7-8-9-12-21-28-22-23-29(24(2)26-17-13-10-14-18-26)31(32)30(28)25(3)27-19-15-11-16-20-27/h10-11,13-20,22-25,32H,4-9,12,21H2,1-3H3. The molecule has 1 heteroatoms. The summed E-state index contributed by atoms with van der Waals surface area (Å²) in [5.41, 5.74) is 5.94. The maximum absolute atomic E-state index is 11.5. The zero-order chi connectivity index (χ0) is 22.8. The van der Waals surface area contributed by atoms with Crippen molar-refractivity contribution in [1.29, 1.82) is 0 Å². The number of hydrogen-bond donors (Lipinski definition) is 1. The summed E-state index contributed by atoms with van der Waals surface area (Å²) in [7, 11) is 0. The summed E-state index contributed by atoms with van der Waals surface area (Å²) in [5, 5.41) is 11.5. The Balaban J connectivity index is 1.85. The monoisotopic (exact) mass is 428 g/mol. The van der Waals surface area contributed by atoms with E-state index in [0.29, 0.717) is 5.75 Å². The van der Waals surface area contributed by atoms with Gasteiger partial charge in [-0.3, -0.25) is 0 Å². The van der Waals surface area contributed by atoms with E-state index in [1.54, 1.807) is 0 Å². The van der Waals surface area contributed by atoms with Gasteiger partial charge in [0.15, 0.2) is 0 Å². The fraction of sp³-hybridized carbons (Fsp3) is 0.419. The van der Waals surface area contributed by atoms with Crippen LogP contribution in [-0.2, 0) is 6.42 Å². The van der Waals surface area contributed by atoms with E-state index in [4.69, 9.17) is 0 Å². The highest BCUT2D eigenvalue weighted by Crippen LogP contribution is 2.41. The van der Waals surface area contributed by atoms with E-state index in [2.05, 4.69) is 87.5 Å². The molecule has 3 aromatic carbocycles. The molecule has 1 nitrogen and oxygen atoms in total. The first-order valence-electron chi connectivity index (χ1n) is 12.6. The molecule has 3 aromatic rings. The zero-order valence-corrected chi connectivity index (χ0v) is 20.2. The van der Waals surface area contributed by atoms with Gasteiger partial charge in [-0.15, -0.1) is 0 Å². The van der Waals surface area contributed by atoms with Crippen LogP contribution in [0.3, 0.4) is 0 Å². The predicted octanol–water partition coefficient (Wildman–Crippen LogP) is 8.99. The highest BCUT2D eigenvalue weighted by Gasteiger charge is 2.22. The molecule has 32 heavy (non-hydrogen) atoms. The number of phenols is 1. The molecule has 0 aliphatic heterocycles. The fourth-order valence-electron chi connectivity index (χ4n) is 4.82. The minimum Gasteiger partial charge on any atom is -0.507 e. The Morgan fingerprint density at radius 1 is 0.625 bits per heavy atom. The van der Waals surface area contributed by atoms with E-state index in [-0.39, 0.29) is 11.8 Å². The number of aryl methyl sites for hydroxylation is 1. The highest BCUT2D eigenvalue weighted by atomic mass is 16.3. The van der Waals surface area contributed by atoms with Gasteiger partial charge in [-0.05, 0) is 29.5 Å². The van der Waals surface area contributed by atoms with E-state index in [1.807, 2.05) is 6.07 Å². The SMILES string of the molecule is CCCCCCCCCc1ccc(C(C)c2ccccc2)c(O)c1C(C)c1ccccc1. The van der Waals surface area contributed by atoms with Crippen molar-refractivity contribution in [2.24, 2.45) is 0 Å². The molecular weight excluding hydrogens is 388 g/mol. The predicted molar refractivity (Wildman–Crippen MR) is 138 cm³/mol. The lowest BCUT2D eigenvalue weighted by Crippen LogP contribution is -2.06. The first-order valence-corrected chi connectivity index (χ1v) is 12.6. The number of rotatable bonds is 12. The molecule has 0 fully saturated rings. The second-order valence-electron chi connectivity index (χ2n) is 9.21. The molecule has 0 aliphatic carbocycles. The third-order valence-corrected chi connectivity index (χ3v) is 6.89. The number of aromatic hydroxyl groups is 1. The van der Waals surface area contributed by atoms with Gasteiger partial charge < -0.3 is 5.11 Å². The molecule has 1 N–H and O–H groups in total. The van der Waals surface area contributed by atoms with E-state index < -0.39 is 0 Å². The summed E-state index contributed by atoms with van der Waals surface area (Å²) < 4.78 is 0. The minimum absolute atomic E-state index is 0.158. The minimum atomic E-state index is 0.158. The lowest BCUT2D eigenvalue weighted by Gasteiger charge is -2.23. The van der Waals surface area contributed by atoms with E-state index in [9.17, 15) is 5.11 Å². The van der Waals surface area contributed by atoms with Gasteiger partial charge in [0.1, 0.15) is 5.75 Å². The number of benzene rings is 3. The molecule has 0 heterocycles. The van der Waals surface area contributed by atoms with Gasteiger partial charge in [0.2, 0.25) is 0 Å². The van der Waals surface area contributed by atoms with E-state index >= 15 is 0 Å². The van der Waals surface area contributed by atoms with Crippen molar-refractivity contribution in [3.8, 4) is 5.75 Å². The van der Waals surface area contributed by atoms with Crippen molar-refractivity contribution in [3.63, 3.8) is 0 Å². The lowest BCUT2D eigenvalue weighted by molar-refractivity contribution is 0.455. The van der Waals surface area contributed by atoms with Crippen LogP contribution in [0.1, 0.15) is 105 Å². The first kappa shape index (κ1) is 24.1. The summed E-state index contributed by atoms with van der Waals surface area (Å²) in [6.07, 6.45) is 10.2. The zero-order valence-electron chi connectivity index (χ0n) is 20.2. The van der Waals surface area contributed by atoms with Crippen LogP contribution in [0.2, 0.25) is 0 Å². The normalized spacial score (nSPS) is 13.1. The van der Waals surface area contributed by atoms with Gasteiger partial charge in [0, 0.05) is 23.0 Å². The van der Waals surface area contributed by atoms with Crippen molar-refractivity contribution in [2.45, 2.75) is 84.0 Å². The van der Waals surface area contributed by atoms with Crippen LogP contribution in [0.15, 0.2) is 72.8 Å². The number of phenolic OH excluding ortho intramolecular Hbond substituents is 1. The quantitative estimate of drug-likeness (QED) is 0.285. The Morgan fingerprint density at radius 2 is 1.16 bits per heavy atom. The summed E-state index contributed by atoms with van der Waals surface area (Å²) >= 11 is 0. The third kappa shape index (κ3) is 6.25. The maximum atomic E-state index is 11.5.